The van der Waals surface area contributed by atoms with E-state index >= 15 is 0 Å². The van der Waals surface area contributed by atoms with Gasteiger partial charge >= 0.3 is 0 Å². The Balaban J connectivity index is 0.00000288. The molecule has 134 valence electrons. The van der Waals surface area contributed by atoms with E-state index in [0.29, 0.717) is 19.8 Å². The number of ether oxygens (including phenoxy) is 3. The predicted molar refractivity (Wildman–Crippen MR) is 98.4 cm³/mol. The zero-order valence-corrected chi connectivity index (χ0v) is 15.4. The lowest BCUT2D eigenvalue weighted by Gasteiger charge is -2.24. The molecule has 0 amide bonds. The maximum Gasteiger partial charge on any atom is 0.123 e. The molecular weight excluding hydrogens is 326 g/mol. The molecule has 1 aliphatic heterocycles. The van der Waals surface area contributed by atoms with E-state index in [1.807, 2.05) is 32.0 Å². The third-order valence-electron chi connectivity index (χ3n) is 3.60. The van der Waals surface area contributed by atoms with E-state index in [1.54, 1.807) is 0 Å². The highest BCUT2D eigenvalue weighted by atomic mass is 35.5. The van der Waals surface area contributed by atoms with E-state index in [2.05, 4.69) is 28.9 Å². The first-order valence-electron chi connectivity index (χ1n) is 8.21. The Kier molecular flexibility index (Phi) is 10.0. The Morgan fingerprint density at radius 1 is 1.12 bits per heavy atom. The van der Waals surface area contributed by atoms with Crippen LogP contribution in [0.3, 0.4) is 0 Å². The summed E-state index contributed by atoms with van der Waals surface area (Å²) in [5, 5.41) is 0. The average Bonchev–Trinajstić information content (AvgIpc) is 2.56. The van der Waals surface area contributed by atoms with Crippen molar-refractivity contribution in [3.05, 3.63) is 35.9 Å². The van der Waals surface area contributed by atoms with Crippen LogP contribution in [-0.4, -0.2) is 56.6 Å². The van der Waals surface area contributed by atoms with Crippen LogP contribution < -0.4 is 0 Å². The van der Waals surface area contributed by atoms with E-state index in [0.717, 1.165) is 32.8 Å². The van der Waals surface area contributed by atoms with E-state index in [-0.39, 0.29) is 12.4 Å². The Bertz CT molecular complexity index is 504. The molecule has 0 spiro atoms. The summed E-state index contributed by atoms with van der Waals surface area (Å²) in [5.74, 6) is 6.42. The number of rotatable bonds is 7. The van der Waals surface area contributed by atoms with Gasteiger partial charge in [-0.25, -0.2) is 0 Å². The summed E-state index contributed by atoms with van der Waals surface area (Å²) in [5.41, 5.74) is 0.736. The highest BCUT2D eigenvalue weighted by Gasteiger charge is 2.14. The lowest BCUT2D eigenvalue weighted by molar-refractivity contribution is -0.0172. The summed E-state index contributed by atoms with van der Waals surface area (Å²) in [6.07, 6.45) is 0. The van der Waals surface area contributed by atoms with Crippen LogP contribution in [0.25, 0.3) is 0 Å². The quantitative estimate of drug-likeness (QED) is 0.557. The first-order chi connectivity index (χ1) is 11.2. The smallest absolute Gasteiger partial charge is 0.123 e. The van der Waals surface area contributed by atoms with Crippen LogP contribution >= 0.6 is 12.4 Å². The van der Waals surface area contributed by atoms with Crippen molar-refractivity contribution in [1.82, 2.24) is 4.90 Å². The van der Waals surface area contributed by atoms with Gasteiger partial charge in [0.15, 0.2) is 0 Å². The minimum Gasteiger partial charge on any atom is -0.379 e. The Labute approximate surface area is 151 Å². The van der Waals surface area contributed by atoms with Crippen molar-refractivity contribution in [2.24, 2.45) is 0 Å². The minimum absolute atomic E-state index is 0. The highest BCUT2D eigenvalue weighted by Crippen LogP contribution is 2.07. The van der Waals surface area contributed by atoms with Crippen molar-refractivity contribution in [2.75, 3.05) is 46.1 Å². The molecule has 1 aromatic rings. The lowest BCUT2D eigenvalue weighted by atomic mass is 10.1. The predicted octanol–water partition coefficient (Wildman–Crippen LogP) is 2.76. The van der Waals surface area contributed by atoms with E-state index < -0.39 is 5.60 Å². The second kappa shape index (κ2) is 11.5. The number of nitrogens with zero attached hydrogens (tertiary/aromatic N) is 1. The number of hydrogen-bond acceptors (Lipinski definition) is 4. The van der Waals surface area contributed by atoms with Crippen LogP contribution in [0.1, 0.15) is 19.4 Å². The van der Waals surface area contributed by atoms with Crippen LogP contribution in [0.15, 0.2) is 30.3 Å². The molecule has 0 unspecified atom stereocenters. The molecule has 4 nitrogen and oxygen atoms in total. The van der Waals surface area contributed by atoms with Crippen molar-refractivity contribution >= 4 is 12.4 Å². The van der Waals surface area contributed by atoms with Crippen LogP contribution in [0.5, 0.6) is 0 Å². The van der Waals surface area contributed by atoms with Gasteiger partial charge in [-0.2, -0.15) is 0 Å². The summed E-state index contributed by atoms with van der Waals surface area (Å²) >= 11 is 0. The maximum atomic E-state index is 5.82. The topological polar surface area (TPSA) is 30.9 Å². The first kappa shape index (κ1) is 21.0. The van der Waals surface area contributed by atoms with E-state index in [1.165, 1.54) is 5.56 Å². The fourth-order valence-electron chi connectivity index (χ4n) is 2.28. The highest BCUT2D eigenvalue weighted by molar-refractivity contribution is 5.85. The fraction of sp³-hybridized carbons (Fsp3) is 0.579. The molecule has 1 aromatic carbocycles. The SMILES string of the molecule is CC(C)(C#CCN1CCOCC1)OCCOCc1ccccc1.Cl. The van der Waals surface area contributed by atoms with Gasteiger partial charge in [0.1, 0.15) is 5.60 Å². The van der Waals surface area contributed by atoms with Gasteiger partial charge in [-0.1, -0.05) is 42.2 Å². The molecule has 2 rings (SSSR count). The molecule has 1 fully saturated rings. The Morgan fingerprint density at radius 2 is 1.83 bits per heavy atom. The molecule has 5 heteroatoms. The molecule has 0 bridgehead atoms. The number of benzene rings is 1. The van der Waals surface area contributed by atoms with Crippen molar-refractivity contribution in [3.8, 4) is 11.8 Å². The molecule has 0 saturated carbocycles. The van der Waals surface area contributed by atoms with Crippen LogP contribution in [0, 0.1) is 11.8 Å². The minimum atomic E-state index is -0.442. The lowest BCUT2D eigenvalue weighted by Crippen LogP contribution is -2.36. The van der Waals surface area contributed by atoms with Gasteiger partial charge in [0.2, 0.25) is 0 Å². The van der Waals surface area contributed by atoms with Gasteiger partial charge < -0.3 is 14.2 Å². The van der Waals surface area contributed by atoms with Gasteiger partial charge in [-0.05, 0) is 19.4 Å². The average molecular weight is 354 g/mol. The molecule has 1 aliphatic rings. The Morgan fingerprint density at radius 3 is 2.54 bits per heavy atom. The van der Waals surface area contributed by atoms with Crippen molar-refractivity contribution < 1.29 is 14.2 Å². The molecule has 0 aliphatic carbocycles. The van der Waals surface area contributed by atoms with Gasteiger partial charge in [-0.3, -0.25) is 4.90 Å². The summed E-state index contributed by atoms with van der Waals surface area (Å²) in [6, 6.07) is 10.2. The third-order valence-corrected chi connectivity index (χ3v) is 3.60. The molecule has 1 heterocycles. The fourth-order valence-corrected chi connectivity index (χ4v) is 2.28. The Hall–Kier alpha value is -1.09. The normalized spacial score (nSPS) is 15.2. The molecule has 0 aromatic heterocycles. The monoisotopic (exact) mass is 353 g/mol. The summed E-state index contributed by atoms with van der Waals surface area (Å²) in [4.78, 5) is 2.30. The van der Waals surface area contributed by atoms with Crippen molar-refractivity contribution in [1.29, 1.82) is 0 Å². The second-order valence-corrected chi connectivity index (χ2v) is 6.09. The van der Waals surface area contributed by atoms with E-state index in [4.69, 9.17) is 14.2 Å². The zero-order chi connectivity index (χ0) is 16.4. The van der Waals surface area contributed by atoms with Crippen molar-refractivity contribution in [3.63, 3.8) is 0 Å². The summed E-state index contributed by atoms with van der Waals surface area (Å²) in [7, 11) is 0. The van der Waals surface area contributed by atoms with Crippen molar-refractivity contribution in [2.45, 2.75) is 26.1 Å². The maximum absolute atomic E-state index is 5.82. The van der Waals surface area contributed by atoms with Gasteiger partial charge in [0, 0.05) is 13.1 Å². The largest absolute Gasteiger partial charge is 0.379 e. The van der Waals surface area contributed by atoms with Crippen LogP contribution in [0.4, 0.5) is 0 Å². The van der Waals surface area contributed by atoms with Gasteiger partial charge in [-0.15, -0.1) is 12.4 Å². The molecular formula is C19H28ClNO3. The number of hydrogen-bond donors (Lipinski definition) is 0. The summed E-state index contributed by atoms with van der Waals surface area (Å²) < 4.78 is 16.8. The number of halogens is 1. The molecule has 24 heavy (non-hydrogen) atoms. The molecule has 0 N–H and O–H groups in total. The van der Waals surface area contributed by atoms with Crippen LogP contribution in [-0.2, 0) is 20.8 Å². The van der Waals surface area contributed by atoms with E-state index in [9.17, 15) is 0 Å². The first-order valence-corrected chi connectivity index (χ1v) is 8.21. The van der Waals surface area contributed by atoms with Gasteiger partial charge in [0.25, 0.3) is 0 Å². The van der Waals surface area contributed by atoms with Gasteiger partial charge in [0.05, 0.1) is 39.6 Å². The third kappa shape index (κ3) is 8.68. The zero-order valence-electron chi connectivity index (χ0n) is 14.6. The molecule has 1 saturated heterocycles. The number of morpholine rings is 1. The molecule has 0 atom stereocenters. The second-order valence-electron chi connectivity index (χ2n) is 6.09. The standard InChI is InChI=1S/C19H27NO3.ClH/c1-19(2,9-6-10-20-11-13-21-14-12-20)23-16-15-22-17-18-7-4-3-5-8-18;/h3-5,7-8H,10-17H2,1-2H3;1H. The molecule has 0 radical (unpaired) electrons. The van der Waals surface area contributed by atoms with Crippen LogP contribution in [0.2, 0.25) is 0 Å². The summed E-state index contributed by atoms with van der Waals surface area (Å²) in [6.45, 7) is 10.0.